The Morgan fingerprint density at radius 2 is 1.95 bits per heavy atom. The van der Waals surface area contributed by atoms with Crippen LogP contribution in [-0.2, 0) is 6.54 Å². The Bertz CT molecular complexity index is 464. The fourth-order valence-electron chi connectivity index (χ4n) is 1.89. The molecule has 0 unspecified atom stereocenters. The molecule has 0 aliphatic rings. The fraction of sp³-hybridized carbons (Fsp3) is 0.571. The van der Waals surface area contributed by atoms with Gasteiger partial charge >= 0.3 is 12.0 Å². The number of carbonyl (C=O) groups is 2. The summed E-state index contributed by atoms with van der Waals surface area (Å²) in [6.07, 6.45) is 2.05. The van der Waals surface area contributed by atoms with Gasteiger partial charge in [-0.15, -0.1) is 0 Å². The molecule has 6 nitrogen and oxygen atoms in total. The van der Waals surface area contributed by atoms with Gasteiger partial charge in [0.1, 0.15) is 17.1 Å². The van der Waals surface area contributed by atoms with Crippen molar-refractivity contribution in [2.45, 2.75) is 40.2 Å². The average Bonchev–Trinajstić information content (AvgIpc) is 2.79. The van der Waals surface area contributed by atoms with Crippen LogP contribution in [0.2, 0.25) is 0 Å². The molecule has 0 aliphatic heterocycles. The first kappa shape index (κ1) is 16.1. The smallest absolute Gasteiger partial charge is 0.339 e. The monoisotopic (exact) mass is 282 g/mol. The van der Waals surface area contributed by atoms with E-state index in [2.05, 4.69) is 24.5 Å². The number of nitrogens with one attached hydrogen (secondary N) is 2. The molecule has 0 spiro atoms. The first-order valence-corrected chi connectivity index (χ1v) is 6.82. The zero-order valence-electron chi connectivity index (χ0n) is 12.2. The van der Waals surface area contributed by atoms with E-state index in [-0.39, 0.29) is 18.1 Å². The highest BCUT2D eigenvalue weighted by Crippen LogP contribution is 2.14. The van der Waals surface area contributed by atoms with Gasteiger partial charge in [-0.05, 0) is 18.9 Å². The molecular formula is C14H22N2O4. The molecule has 20 heavy (non-hydrogen) atoms. The maximum Gasteiger partial charge on any atom is 0.339 e. The standard InChI is InChI=1S/C14H22N2O4/c1-4-10(5-2)7-15-14(19)16-8-11-6-12(13(17)18)9(3)20-11/h6,10H,4-5,7-8H2,1-3H3,(H,17,18)(H2,15,16,19). The molecule has 0 fully saturated rings. The second-order valence-corrected chi connectivity index (χ2v) is 4.73. The molecule has 1 rings (SSSR count). The largest absolute Gasteiger partial charge is 0.478 e. The molecule has 2 amide bonds. The number of aryl methyl sites for hydroxylation is 1. The summed E-state index contributed by atoms with van der Waals surface area (Å²) in [5, 5.41) is 14.3. The van der Waals surface area contributed by atoms with E-state index in [9.17, 15) is 9.59 Å². The lowest BCUT2D eigenvalue weighted by molar-refractivity contribution is 0.0695. The minimum Gasteiger partial charge on any atom is -0.478 e. The van der Waals surface area contributed by atoms with E-state index in [0.29, 0.717) is 24.0 Å². The first-order chi connectivity index (χ1) is 9.47. The van der Waals surface area contributed by atoms with Gasteiger partial charge < -0.3 is 20.2 Å². The summed E-state index contributed by atoms with van der Waals surface area (Å²) in [7, 11) is 0. The van der Waals surface area contributed by atoms with Crippen molar-refractivity contribution in [3.05, 3.63) is 23.2 Å². The van der Waals surface area contributed by atoms with E-state index >= 15 is 0 Å². The summed E-state index contributed by atoms with van der Waals surface area (Å²) in [5.41, 5.74) is 0.124. The van der Waals surface area contributed by atoms with Crippen LogP contribution in [0, 0.1) is 12.8 Å². The normalized spacial score (nSPS) is 10.6. The molecule has 1 aromatic heterocycles. The van der Waals surface area contributed by atoms with E-state index in [4.69, 9.17) is 9.52 Å². The van der Waals surface area contributed by atoms with Gasteiger partial charge in [0.2, 0.25) is 0 Å². The minimum absolute atomic E-state index is 0.124. The Morgan fingerprint density at radius 3 is 2.45 bits per heavy atom. The average molecular weight is 282 g/mol. The van der Waals surface area contributed by atoms with E-state index in [1.165, 1.54) is 6.07 Å². The van der Waals surface area contributed by atoms with Gasteiger partial charge in [0.05, 0.1) is 6.54 Å². The summed E-state index contributed by atoms with van der Waals surface area (Å²) < 4.78 is 5.27. The van der Waals surface area contributed by atoms with E-state index in [1.54, 1.807) is 6.92 Å². The molecular weight excluding hydrogens is 260 g/mol. The van der Waals surface area contributed by atoms with Crippen LogP contribution in [0.5, 0.6) is 0 Å². The van der Waals surface area contributed by atoms with Gasteiger partial charge in [0, 0.05) is 6.54 Å². The van der Waals surface area contributed by atoms with Crippen molar-refractivity contribution in [1.29, 1.82) is 0 Å². The second-order valence-electron chi connectivity index (χ2n) is 4.73. The Morgan fingerprint density at radius 1 is 1.30 bits per heavy atom. The fourth-order valence-corrected chi connectivity index (χ4v) is 1.89. The van der Waals surface area contributed by atoms with E-state index in [1.807, 2.05) is 0 Å². The third kappa shape index (κ3) is 4.60. The van der Waals surface area contributed by atoms with Gasteiger partial charge in [-0.3, -0.25) is 0 Å². The van der Waals surface area contributed by atoms with E-state index in [0.717, 1.165) is 12.8 Å². The van der Waals surface area contributed by atoms with Crippen LogP contribution >= 0.6 is 0 Å². The number of urea groups is 1. The summed E-state index contributed by atoms with van der Waals surface area (Å²) in [6, 6.07) is 1.15. The number of amides is 2. The number of aromatic carboxylic acids is 1. The highest BCUT2D eigenvalue weighted by atomic mass is 16.4. The highest BCUT2D eigenvalue weighted by molar-refractivity contribution is 5.88. The summed E-state index contributed by atoms with van der Waals surface area (Å²) in [4.78, 5) is 22.5. The van der Waals surface area contributed by atoms with Crippen molar-refractivity contribution in [3.8, 4) is 0 Å². The van der Waals surface area contributed by atoms with Gasteiger partial charge in [-0.25, -0.2) is 9.59 Å². The SMILES string of the molecule is CCC(CC)CNC(=O)NCc1cc(C(=O)O)c(C)o1. The lowest BCUT2D eigenvalue weighted by Gasteiger charge is -2.13. The number of rotatable bonds is 7. The Hall–Kier alpha value is -1.98. The zero-order chi connectivity index (χ0) is 15.1. The molecule has 0 radical (unpaired) electrons. The number of hydrogen-bond donors (Lipinski definition) is 3. The molecule has 0 aliphatic carbocycles. The number of carboxylic acids is 1. The van der Waals surface area contributed by atoms with Crippen LogP contribution in [-0.4, -0.2) is 23.7 Å². The van der Waals surface area contributed by atoms with Gasteiger partial charge in [-0.1, -0.05) is 26.7 Å². The topological polar surface area (TPSA) is 91.6 Å². The lowest BCUT2D eigenvalue weighted by Crippen LogP contribution is -2.37. The Kier molecular flexibility index (Phi) is 6.09. The maximum absolute atomic E-state index is 11.6. The van der Waals surface area contributed by atoms with Gasteiger partial charge in [0.25, 0.3) is 0 Å². The molecule has 0 atom stereocenters. The first-order valence-electron chi connectivity index (χ1n) is 6.82. The van der Waals surface area contributed by atoms with Crippen LogP contribution in [0.15, 0.2) is 10.5 Å². The lowest BCUT2D eigenvalue weighted by atomic mass is 10.0. The predicted molar refractivity (Wildman–Crippen MR) is 74.7 cm³/mol. The van der Waals surface area contributed by atoms with Crippen LogP contribution < -0.4 is 10.6 Å². The zero-order valence-corrected chi connectivity index (χ0v) is 12.2. The second kappa shape index (κ2) is 7.57. The maximum atomic E-state index is 11.6. The van der Waals surface area contributed by atoms with Crippen molar-refractivity contribution in [2.75, 3.05) is 6.54 Å². The number of hydrogen-bond acceptors (Lipinski definition) is 3. The minimum atomic E-state index is -1.03. The summed E-state index contributed by atoms with van der Waals surface area (Å²) in [6.45, 7) is 6.57. The van der Waals surface area contributed by atoms with Crippen molar-refractivity contribution >= 4 is 12.0 Å². The van der Waals surface area contributed by atoms with Crippen LogP contribution in [0.1, 0.15) is 48.6 Å². The highest BCUT2D eigenvalue weighted by Gasteiger charge is 2.14. The molecule has 0 saturated heterocycles. The predicted octanol–water partition coefficient (Wildman–Crippen LogP) is 2.52. The van der Waals surface area contributed by atoms with Crippen molar-refractivity contribution < 1.29 is 19.1 Å². The van der Waals surface area contributed by atoms with Crippen molar-refractivity contribution in [3.63, 3.8) is 0 Å². The van der Waals surface area contributed by atoms with Gasteiger partial charge in [-0.2, -0.15) is 0 Å². The van der Waals surface area contributed by atoms with Crippen molar-refractivity contribution in [2.24, 2.45) is 5.92 Å². The Labute approximate surface area is 118 Å². The molecule has 6 heteroatoms. The third-order valence-corrected chi connectivity index (χ3v) is 3.33. The summed E-state index contributed by atoms with van der Waals surface area (Å²) in [5.74, 6) is 0.213. The molecule has 0 aromatic carbocycles. The molecule has 0 saturated carbocycles. The number of furan rings is 1. The molecule has 1 heterocycles. The summed E-state index contributed by atoms with van der Waals surface area (Å²) >= 11 is 0. The third-order valence-electron chi connectivity index (χ3n) is 3.33. The number of carboxylic acid groups (broad SMARTS) is 1. The van der Waals surface area contributed by atoms with Gasteiger partial charge in [0.15, 0.2) is 0 Å². The van der Waals surface area contributed by atoms with Crippen LogP contribution in [0.25, 0.3) is 0 Å². The number of carbonyl (C=O) groups excluding carboxylic acids is 1. The van der Waals surface area contributed by atoms with Crippen molar-refractivity contribution in [1.82, 2.24) is 10.6 Å². The molecule has 112 valence electrons. The van der Waals surface area contributed by atoms with Crippen LogP contribution in [0.4, 0.5) is 4.79 Å². The van der Waals surface area contributed by atoms with Crippen LogP contribution in [0.3, 0.4) is 0 Å². The Balaban J connectivity index is 2.41. The molecule has 0 bridgehead atoms. The molecule has 3 N–H and O–H groups in total. The van der Waals surface area contributed by atoms with E-state index < -0.39 is 5.97 Å². The molecule has 1 aromatic rings. The quantitative estimate of drug-likeness (QED) is 0.716.